The van der Waals surface area contributed by atoms with Crippen LogP contribution in [0.15, 0.2) is 0 Å². The van der Waals surface area contributed by atoms with E-state index in [0.29, 0.717) is 13.1 Å². The van der Waals surface area contributed by atoms with E-state index in [4.69, 9.17) is 5.11 Å². The minimum atomic E-state index is -1.07. The lowest BCUT2D eigenvalue weighted by Gasteiger charge is -2.33. The molecule has 1 aliphatic heterocycles. The molecule has 1 fully saturated rings. The summed E-state index contributed by atoms with van der Waals surface area (Å²) >= 11 is 0. The van der Waals surface area contributed by atoms with E-state index in [1.165, 1.54) is 0 Å². The fraction of sp³-hybridized carbons (Fsp3) is 0.818. The predicted molar refractivity (Wildman–Crippen MR) is 63.8 cm³/mol. The maximum atomic E-state index is 11.8. The van der Waals surface area contributed by atoms with Crippen molar-refractivity contribution in [2.75, 3.05) is 39.8 Å². The molecular weight excluding hydrogens is 222 g/mol. The van der Waals surface area contributed by atoms with E-state index in [1.807, 2.05) is 7.05 Å². The molecule has 0 unspecified atom stereocenters. The molecule has 0 radical (unpaired) electrons. The molecule has 1 rings (SSSR count). The molecule has 98 valence electrons. The van der Waals surface area contributed by atoms with Crippen LogP contribution in [0.2, 0.25) is 0 Å². The highest BCUT2D eigenvalue weighted by Crippen LogP contribution is 2.03. The van der Waals surface area contributed by atoms with E-state index in [1.54, 1.807) is 18.7 Å². The van der Waals surface area contributed by atoms with Crippen LogP contribution in [0.1, 0.15) is 13.8 Å². The van der Waals surface area contributed by atoms with E-state index < -0.39 is 11.5 Å². The van der Waals surface area contributed by atoms with Gasteiger partial charge in [0.05, 0.1) is 6.54 Å². The quantitative estimate of drug-likeness (QED) is 0.677. The molecule has 0 aromatic heterocycles. The number of aliphatic carboxylic acids is 1. The number of carbonyl (C=O) groups is 2. The maximum Gasteiger partial charge on any atom is 0.323 e. The number of carbonyl (C=O) groups excluding carboxylic acids is 1. The monoisotopic (exact) mass is 243 g/mol. The molecule has 0 aromatic carbocycles. The third-order valence-electron chi connectivity index (χ3n) is 3.07. The van der Waals surface area contributed by atoms with Crippen molar-refractivity contribution in [2.24, 2.45) is 0 Å². The Hall–Kier alpha value is -1.14. The smallest absolute Gasteiger partial charge is 0.323 e. The van der Waals surface area contributed by atoms with Crippen molar-refractivity contribution < 1.29 is 14.7 Å². The van der Waals surface area contributed by atoms with Gasteiger partial charge in [0.1, 0.15) is 5.54 Å². The highest BCUT2D eigenvalue weighted by molar-refractivity contribution is 5.81. The predicted octanol–water partition coefficient (Wildman–Crippen LogP) is -0.787. The van der Waals surface area contributed by atoms with Gasteiger partial charge in [0.25, 0.3) is 0 Å². The molecular formula is C11H21N3O3. The highest BCUT2D eigenvalue weighted by Gasteiger charge is 2.28. The van der Waals surface area contributed by atoms with Crippen LogP contribution < -0.4 is 5.32 Å². The molecule has 0 aromatic rings. The lowest BCUT2D eigenvalue weighted by atomic mass is 10.1. The van der Waals surface area contributed by atoms with E-state index in [0.717, 1.165) is 13.1 Å². The first-order chi connectivity index (χ1) is 7.83. The van der Waals surface area contributed by atoms with Gasteiger partial charge in [0.15, 0.2) is 0 Å². The van der Waals surface area contributed by atoms with Gasteiger partial charge in [-0.15, -0.1) is 0 Å². The van der Waals surface area contributed by atoms with Crippen molar-refractivity contribution in [3.63, 3.8) is 0 Å². The Balaban J connectivity index is 2.37. The molecule has 6 nitrogen and oxygen atoms in total. The van der Waals surface area contributed by atoms with Crippen LogP contribution >= 0.6 is 0 Å². The minimum absolute atomic E-state index is 0.0348. The standard InChI is InChI=1S/C11H21N3O3/c1-11(2,10(16)17)12-8-9(15)14-6-4-13(3)5-7-14/h12H,4-8H2,1-3H3,(H,16,17). The number of carboxylic acids is 1. The fourth-order valence-corrected chi connectivity index (χ4v) is 1.54. The molecule has 2 N–H and O–H groups in total. The van der Waals surface area contributed by atoms with Gasteiger partial charge < -0.3 is 14.9 Å². The Kier molecular flexibility index (Phi) is 4.47. The number of carboxylic acid groups (broad SMARTS) is 1. The minimum Gasteiger partial charge on any atom is -0.480 e. The summed E-state index contributed by atoms with van der Waals surface area (Å²) in [5, 5.41) is 11.7. The Morgan fingerprint density at radius 2 is 1.76 bits per heavy atom. The number of amides is 1. The summed E-state index contributed by atoms with van der Waals surface area (Å²) in [5.41, 5.74) is -1.07. The van der Waals surface area contributed by atoms with E-state index in [-0.39, 0.29) is 12.5 Å². The Morgan fingerprint density at radius 1 is 1.24 bits per heavy atom. The second-order valence-corrected chi connectivity index (χ2v) is 4.97. The van der Waals surface area contributed by atoms with Gasteiger partial charge >= 0.3 is 5.97 Å². The van der Waals surface area contributed by atoms with Gasteiger partial charge in [-0.2, -0.15) is 0 Å². The molecule has 1 amide bonds. The van der Waals surface area contributed by atoms with Crippen LogP contribution in [0.3, 0.4) is 0 Å². The first kappa shape index (κ1) is 13.9. The largest absolute Gasteiger partial charge is 0.480 e. The Bertz CT molecular complexity index is 296. The topological polar surface area (TPSA) is 72.9 Å². The van der Waals surface area contributed by atoms with Gasteiger partial charge in [-0.3, -0.25) is 14.9 Å². The molecule has 1 heterocycles. The SMILES string of the molecule is CN1CCN(C(=O)CNC(C)(C)C(=O)O)CC1. The van der Waals surface area contributed by atoms with Crippen LogP contribution in [-0.2, 0) is 9.59 Å². The summed E-state index contributed by atoms with van der Waals surface area (Å²) < 4.78 is 0. The molecule has 0 bridgehead atoms. The zero-order valence-electron chi connectivity index (χ0n) is 10.7. The van der Waals surface area contributed by atoms with Crippen molar-refractivity contribution in [1.82, 2.24) is 15.1 Å². The second-order valence-electron chi connectivity index (χ2n) is 4.97. The zero-order chi connectivity index (χ0) is 13.1. The number of piperazine rings is 1. The lowest BCUT2D eigenvalue weighted by molar-refractivity contribution is -0.143. The normalized spacial score (nSPS) is 18.2. The van der Waals surface area contributed by atoms with E-state index >= 15 is 0 Å². The third kappa shape index (κ3) is 3.98. The molecule has 6 heteroatoms. The van der Waals surface area contributed by atoms with Crippen molar-refractivity contribution in [2.45, 2.75) is 19.4 Å². The van der Waals surface area contributed by atoms with Crippen molar-refractivity contribution in [3.05, 3.63) is 0 Å². The number of hydrogen-bond acceptors (Lipinski definition) is 4. The number of hydrogen-bond donors (Lipinski definition) is 2. The summed E-state index contributed by atoms with van der Waals surface area (Å²) in [4.78, 5) is 26.6. The molecule has 0 spiro atoms. The zero-order valence-corrected chi connectivity index (χ0v) is 10.7. The van der Waals surface area contributed by atoms with Gasteiger partial charge in [-0.05, 0) is 20.9 Å². The third-order valence-corrected chi connectivity index (χ3v) is 3.07. The van der Waals surface area contributed by atoms with E-state index in [2.05, 4.69) is 10.2 Å². The van der Waals surface area contributed by atoms with Gasteiger partial charge in [-0.1, -0.05) is 0 Å². The summed E-state index contributed by atoms with van der Waals surface area (Å²) in [5.74, 6) is -0.990. The first-order valence-electron chi connectivity index (χ1n) is 5.77. The van der Waals surface area contributed by atoms with Gasteiger partial charge in [0, 0.05) is 26.2 Å². The number of nitrogens with one attached hydrogen (secondary N) is 1. The Morgan fingerprint density at radius 3 is 2.24 bits per heavy atom. The van der Waals surface area contributed by atoms with Crippen molar-refractivity contribution in [1.29, 1.82) is 0 Å². The average molecular weight is 243 g/mol. The van der Waals surface area contributed by atoms with Crippen LogP contribution in [0, 0.1) is 0 Å². The maximum absolute atomic E-state index is 11.8. The van der Waals surface area contributed by atoms with Crippen LogP contribution in [0.5, 0.6) is 0 Å². The summed E-state index contributed by atoms with van der Waals surface area (Å²) in [6.45, 7) is 6.33. The van der Waals surface area contributed by atoms with Gasteiger partial charge in [-0.25, -0.2) is 0 Å². The van der Waals surface area contributed by atoms with Crippen molar-refractivity contribution >= 4 is 11.9 Å². The number of likely N-dealkylation sites (N-methyl/N-ethyl adjacent to an activating group) is 1. The van der Waals surface area contributed by atoms with Crippen LogP contribution in [0.25, 0.3) is 0 Å². The van der Waals surface area contributed by atoms with Crippen LogP contribution in [-0.4, -0.2) is 72.1 Å². The average Bonchev–Trinajstić information content (AvgIpc) is 2.27. The molecule has 1 aliphatic rings. The fourth-order valence-electron chi connectivity index (χ4n) is 1.54. The second kappa shape index (κ2) is 5.46. The first-order valence-corrected chi connectivity index (χ1v) is 5.77. The number of rotatable bonds is 4. The summed E-state index contributed by atoms with van der Waals surface area (Å²) in [7, 11) is 2.02. The van der Waals surface area contributed by atoms with Crippen molar-refractivity contribution in [3.8, 4) is 0 Å². The Labute approximate surface area is 102 Å². The molecule has 0 saturated carbocycles. The summed E-state index contributed by atoms with van der Waals surface area (Å²) in [6, 6.07) is 0. The molecule has 0 aliphatic carbocycles. The molecule has 17 heavy (non-hydrogen) atoms. The highest BCUT2D eigenvalue weighted by atomic mass is 16.4. The van der Waals surface area contributed by atoms with E-state index in [9.17, 15) is 9.59 Å². The molecule has 0 atom stereocenters. The van der Waals surface area contributed by atoms with Gasteiger partial charge in [0.2, 0.25) is 5.91 Å². The number of nitrogens with zero attached hydrogens (tertiary/aromatic N) is 2. The lowest BCUT2D eigenvalue weighted by Crippen LogP contribution is -2.54. The molecule has 1 saturated heterocycles. The van der Waals surface area contributed by atoms with Crippen LogP contribution in [0.4, 0.5) is 0 Å². The summed E-state index contributed by atoms with van der Waals surface area (Å²) in [6.07, 6.45) is 0.